The van der Waals surface area contributed by atoms with Gasteiger partial charge >= 0.3 is 12.1 Å². The van der Waals surface area contributed by atoms with Crippen LogP contribution in [0.25, 0.3) is 0 Å². The maximum absolute atomic E-state index is 10.9. The molecular formula is C23H30N6O2. The molecule has 8 nitrogen and oxygen atoms in total. The normalized spacial score (nSPS) is 11.3. The SMILES string of the molecule is Cc1cc(C)c(Cc2c(C)cc(C)c(/C=N/NC(N)=O)c2C)c(C)c1/C=N\NC(N)=O. The third kappa shape index (κ3) is 5.69. The van der Waals surface area contributed by atoms with Gasteiger partial charge in [0.25, 0.3) is 0 Å². The molecule has 0 aliphatic rings. The molecule has 0 spiro atoms. The van der Waals surface area contributed by atoms with E-state index >= 15 is 0 Å². The van der Waals surface area contributed by atoms with Crippen LogP contribution in [0.4, 0.5) is 9.59 Å². The molecule has 2 rings (SSSR count). The minimum Gasteiger partial charge on any atom is -0.350 e. The lowest BCUT2D eigenvalue weighted by atomic mass is 9.85. The largest absolute Gasteiger partial charge is 0.350 e. The molecular weight excluding hydrogens is 392 g/mol. The number of benzene rings is 2. The molecule has 8 heteroatoms. The average Bonchev–Trinajstić information content (AvgIpc) is 2.65. The van der Waals surface area contributed by atoms with Gasteiger partial charge in [0.1, 0.15) is 0 Å². The van der Waals surface area contributed by atoms with Crippen LogP contribution in [0.2, 0.25) is 0 Å². The number of carbonyl (C=O) groups is 2. The van der Waals surface area contributed by atoms with Gasteiger partial charge in [0.15, 0.2) is 0 Å². The molecule has 2 aromatic carbocycles. The highest BCUT2D eigenvalue weighted by molar-refractivity contribution is 5.87. The van der Waals surface area contributed by atoms with Gasteiger partial charge in [0.05, 0.1) is 12.4 Å². The van der Waals surface area contributed by atoms with Gasteiger partial charge in [-0.1, -0.05) is 12.1 Å². The summed E-state index contributed by atoms with van der Waals surface area (Å²) in [6.07, 6.45) is 3.98. The van der Waals surface area contributed by atoms with Crippen LogP contribution in [0.3, 0.4) is 0 Å². The Hall–Kier alpha value is -3.68. The lowest BCUT2D eigenvalue weighted by Crippen LogP contribution is -2.24. The van der Waals surface area contributed by atoms with Crippen LogP contribution in [0.15, 0.2) is 22.3 Å². The van der Waals surface area contributed by atoms with Gasteiger partial charge in [0, 0.05) is 11.1 Å². The number of rotatable bonds is 6. The summed E-state index contributed by atoms with van der Waals surface area (Å²) in [5.74, 6) is 0. The van der Waals surface area contributed by atoms with Crippen molar-refractivity contribution in [2.45, 2.75) is 48.0 Å². The van der Waals surface area contributed by atoms with E-state index in [1.807, 2.05) is 13.8 Å². The van der Waals surface area contributed by atoms with Crippen LogP contribution in [-0.2, 0) is 6.42 Å². The number of aryl methyl sites for hydroxylation is 4. The highest BCUT2D eigenvalue weighted by Gasteiger charge is 2.15. The van der Waals surface area contributed by atoms with Crippen molar-refractivity contribution in [2.75, 3.05) is 0 Å². The van der Waals surface area contributed by atoms with Crippen molar-refractivity contribution in [3.05, 3.63) is 67.8 Å². The molecule has 0 atom stereocenters. The number of carbonyl (C=O) groups excluding carboxylic acids is 2. The first-order valence-corrected chi connectivity index (χ1v) is 9.89. The van der Waals surface area contributed by atoms with Gasteiger partial charge in [-0.05, 0) is 92.5 Å². The van der Waals surface area contributed by atoms with Gasteiger partial charge in [-0.3, -0.25) is 0 Å². The van der Waals surface area contributed by atoms with Gasteiger partial charge < -0.3 is 11.5 Å². The van der Waals surface area contributed by atoms with Crippen molar-refractivity contribution in [3.8, 4) is 0 Å². The molecule has 0 aliphatic heterocycles. The van der Waals surface area contributed by atoms with Crippen LogP contribution in [-0.4, -0.2) is 24.5 Å². The molecule has 0 aliphatic carbocycles. The second kappa shape index (κ2) is 9.88. The third-order valence-electron chi connectivity index (χ3n) is 5.47. The second-order valence-corrected chi connectivity index (χ2v) is 7.70. The molecule has 0 bridgehead atoms. The van der Waals surface area contributed by atoms with E-state index in [9.17, 15) is 9.59 Å². The topological polar surface area (TPSA) is 135 Å². The highest BCUT2D eigenvalue weighted by Crippen LogP contribution is 2.28. The maximum atomic E-state index is 10.9. The quantitative estimate of drug-likeness (QED) is 0.420. The van der Waals surface area contributed by atoms with Gasteiger partial charge in [-0.2, -0.15) is 10.2 Å². The second-order valence-electron chi connectivity index (χ2n) is 7.70. The fraction of sp³-hybridized carbons (Fsp3) is 0.304. The van der Waals surface area contributed by atoms with E-state index in [2.05, 4.69) is 60.9 Å². The number of urea groups is 2. The van der Waals surface area contributed by atoms with Crippen molar-refractivity contribution in [2.24, 2.45) is 21.7 Å². The van der Waals surface area contributed by atoms with Gasteiger partial charge in [-0.15, -0.1) is 0 Å². The number of hydrogen-bond donors (Lipinski definition) is 4. The molecule has 164 valence electrons. The number of hydrogen-bond acceptors (Lipinski definition) is 4. The molecule has 0 aromatic heterocycles. The summed E-state index contributed by atoms with van der Waals surface area (Å²) < 4.78 is 0. The van der Waals surface area contributed by atoms with Crippen molar-refractivity contribution < 1.29 is 9.59 Å². The van der Waals surface area contributed by atoms with Crippen LogP contribution in [0, 0.1) is 41.5 Å². The van der Waals surface area contributed by atoms with E-state index in [1.54, 1.807) is 12.4 Å². The number of amides is 4. The van der Waals surface area contributed by atoms with Crippen molar-refractivity contribution >= 4 is 24.5 Å². The Morgan fingerprint density at radius 3 is 1.42 bits per heavy atom. The van der Waals surface area contributed by atoms with E-state index in [4.69, 9.17) is 11.5 Å². The number of nitrogens with two attached hydrogens (primary N) is 2. The molecule has 0 saturated carbocycles. The van der Waals surface area contributed by atoms with E-state index < -0.39 is 12.1 Å². The molecule has 0 fully saturated rings. The average molecular weight is 423 g/mol. The first-order chi connectivity index (χ1) is 14.5. The van der Waals surface area contributed by atoms with Crippen LogP contribution in [0.5, 0.6) is 0 Å². The van der Waals surface area contributed by atoms with E-state index in [1.165, 1.54) is 22.3 Å². The smallest absolute Gasteiger partial charge is 0.332 e. The predicted molar refractivity (Wildman–Crippen MR) is 125 cm³/mol. The first kappa shape index (κ1) is 23.6. The Labute approximate surface area is 182 Å². The minimum atomic E-state index is -0.704. The fourth-order valence-electron chi connectivity index (χ4n) is 3.93. The summed E-state index contributed by atoms with van der Waals surface area (Å²) in [5.41, 5.74) is 25.7. The fourth-order valence-corrected chi connectivity index (χ4v) is 3.93. The van der Waals surface area contributed by atoms with Crippen molar-refractivity contribution in [3.63, 3.8) is 0 Å². The molecule has 4 amide bonds. The van der Waals surface area contributed by atoms with Gasteiger partial charge in [0.2, 0.25) is 0 Å². The third-order valence-corrected chi connectivity index (χ3v) is 5.47. The predicted octanol–water partition coefficient (Wildman–Crippen LogP) is 3.13. The molecule has 0 heterocycles. The molecule has 2 aromatic rings. The minimum absolute atomic E-state index is 0.704. The van der Waals surface area contributed by atoms with Crippen LogP contribution < -0.4 is 22.3 Å². The number of nitrogens with one attached hydrogen (secondary N) is 2. The van der Waals surface area contributed by atoms with E-state index in [-0.39, 0.29) is 0 Å². The van der Waals surface area contributed by atoms with E-state index in [0.29, 0.717) is 0 Å². The Bertz CT molecular complexity index is 1000. The lowest BCUT2D eigenvalue weighted by molar-refractivity contribution is 0.248. The summed E-state index contributed by atoms with van der Waals surface area (Å²) in [4.78, 5) is 21.8. The zero-order valence-corrected chi connectivity index (χ0v) is 18.9. The van der Waals surface area contributed by atoms with Gasteiger partial charge in [-0.25, -0.2) is 20.4 Å². The molecule has 0 radical (unpaired) electrons. The van der Waals surface area contributed by atoms with Crippen molar-refractivity contribution in [1.29, 1.82) is 0 Å². The standard InChI is InChI=1S/C23H30N6O2/c1-12-7-14(3)20(10-26-28-22(24)30)16(5)18(12)9-19-13(2)8-15(4)21(17(19)6)11-27-29-23(25)31/h7-8,10-11H,9H2,1-6H3,(H3,24,28,30)(H3,25,29,31)/b26-10-,27-11+. The summed E-state index contributed by atoms with van der Waals surface area (Å²) in [6.45, 7) is 12.3. The lowest BCUT2D eigenvalue weighted by Gasteiger charge is -2.19. The molecule has 6 N–H and O–H groups in total. The van der Waals surface area contributed by atoms with Crippen LogP contribution in [0.1, 0.15) is 55.6 Å². The first-order valence-electron chi connectivity index (χ1n) is 9.89. The monoisotopic (exact) mass is 422 g/mol. The highest BCUT2D eigenvalue weighted by atomic mass is 16.2. The summed E-state index contributed by atoms with van der Waals surface area (Å²) in [5, 5.41) is 7.88. The maximum Gasteiger partial charge on any atom is 0.332 e. The summed E-state index contributed by atoms with van der Waals surface area (Å²) >= 11 is 0. The molecule has 0 saturated heterocycles. The zero-order valence-electron chi connectivity index (χ0n) is 18.9. The van der Waals surface area contributed by atoms with Crippen LogP contribution >= 0.6 is 0 Å². The van der Waals surface area contributed by atoms with Crippen molar-refractivity contribution in [1.82, 2.24) is 10.9 Å². The van der Waals surface area contributed by atoms with E-state index in [0.717, 1.165) is 39.8 Å². The molecule has 0 unspecified atom stereocenters. The zero-order chi connectivity index (χ0) is 23.3. The Morgan fingerprint density at radius 1 is 0.742 bits per heavy atom. The summed E-state index contributed by atoms with van der Waals surface area (Å²) in [6, 6.07) is 2.83. The molecule has 31 heavy (non-hydrogen) atoms. The number of primary amides is 2. The summed E-state index contributed by atoms with van der Waals surface area (Å²) in [7, 11) is 0. The Morgan fingerprint density at radius 2 is 1.10 bits per heavy atom. The number of nitrogens with zero attached hydrogens (tertiary/aromatic N) is 2. The Balaban J connectivity index is 2.53. The Kier molecular flexibility index (Phi) is 7.52. The number of hydrazone groups is 2.